The Hall–Kier alpha value is -2.45. The number of halogens is 4. The minimum absolute atomic E-state index is 0.0986. The van der Waals surface area contributed by atoms with E-state index in [0.29, 0.717) is 0 Å². The summed E-state index contributed by atoms with van der Waals surface area (Å²) >= 11 is 0. The van der Waals surface area contributed by atoms with Gasteiger partial charge in [0.15, 0.2) is 0 Å². The van der Waals surface area contributed by atoms with Crippen LogP contribution in [-0.2, 0) is 10.8 Å². The van der Waals surface area contributed by atoms with E-state index in [1.807, 2.05) is 12.1 Å². The van der Waals surface area contributed by atoms with E-state index in [2.05, 4.69) is 41.5 Å². The normalized spacial score (nSPS) is 12.2. The maximum Gasteiger partial charge on any atom is 0.673 e. The third-order valence-corrected chi connectivity index (χ3v) is 3.68. The molecule has 28 heavy (non-hydrogen) atoms. The van der Waals surface area contributed by atoms with Crippen molar-refractivity contribution in [3.05, 3.63) is 58.0 Å². The first-order valence-electron chi connectivity index (χ1n) is 8.60. The molecule has 0 radical (unpaired) electrons. The Kier molecular flexibility index (Phi) is 6.98. The number of hydrogen-bond acceptors (Lipinski definition) is 2. The summed E-state index contributed by atoms with van der Waals surface area (Å²) < 4.78 is 45.1. The molecule has 0 unspecified atom stereocenters. The average molecular weight is 401 g/mol. The van der Waals surface area contributed by atoms with Gasteiger partial charge in [0.25, 0.3) is 5.69 Å². The number of benzene rings is 1. The molecule has 0 saturated heterocycles. The van der Waals surface area contributed by atoms with E-state index in [1.54, 1.807) is 12.1 Å². The van der Waals surface area contributed by atoms with Crippen LogP contribution >= 0.6 is 0 Å². The molecule has 154 valence electrons. The van der Waals surface area contributed by atoms with Crippen molar-refractivity contribution in [1.82, 2.24) is 0 Å². The lowest BCUT2D eigenvalue weighted by atomic mass is 9.87. The van der Waals surface area contributed by atoms with Crippen LogP contribution in [0.15, 0.2) is 40.8 Å². The highest BCUT2D eigenvalue weighted by molar-refractivity contribution is 6.50. The molecule has 9 heteroatoms. The van der Waals surface area contributed by atoms with Crippen LogP contribution in [0.2, 0.25) is 0 Å². The highest BCUT2D eigenvalue weighted by Gasteiger charge is 2.34. The number of nitro groups is 1. The first-order valence-corrected chi connectivity index (χ1v) is 8.60. The molecule has 0 spiro atoms. The smallest absolute Gasteiger partial charge is 0.418 e. The fourth-order valence-corrected chi connectivity index (χ4v) is 2.18. The quantitative estimate of drug-likeness (QED) is 0.178. The second-order valence-electron chi connectivity index (χ2n) is 8.37. The van der Waals surface area contributed by atoms with Crippen molar-refractivity contribution in [1.29, 1.82) is 0 Å². The largest absolute Gasteiger partial charge is 0.673 e. The van der Waals surface area contributed by atoms with Gasteiger partial charge in [-0.2, -0.15) is 0 Å². The van der Waals surface area contributed by atoms with Crippen molar-refractivity contribution >= 4 is 12.9 Å². The molecule has 0 aliphatic heterocycles. The van der Waals surface area contributed by atoms with Crippen LogP contribution in [-0.4, -0.2) is 12.2 Å². The van der Waals surface area contributed by atoms with Gasteiger partial charge in [0.2, 0.25) is 0 Å². The molecule has 0 fully saturated rings. The molecule has 1 aromatic carbocycles. The van der Waals surface area contributed by atoms with E-state index < -0.39 is 7.25 Å². The van der Waals surface area contributed by atoms with E-state index in [1.165, 1.54) is 12.1 Å². The average Bonchev–Trinajstić information content (AvgIpc) is 2.51. The summed E-state index contributed by atoms with van der Waals surface area (Å²) in [7, 11) is -6.00. The topological polar surface area (TPSA) is 54.4 Å². The molecular formula is C19H24BF4NO3. The number of hydrogen-bond donors (Lipinski definition) is 0. The zero-order chi connectivity index (χ0) is 21.9. The van der Waals surface area contributed by atoms with Gasteiger partial charge in [0.1, 0.15) is 0 Å². The Balaban J connectivity index is 0.000000696. The highest BCUT2D eigenvalue weighted by atomic mass is 19.5. The van der Waals surface area contributed by atoms with Crippen LogP contribution in [0.5, 0.6) is 0 Å². The molecule has 4 nitrogen and oxygen atoms in total. The monoisotopic (exact) mass is 401 g/mol. The number of rotatable bonds is 2. The van der Waals surface area contributed by atoms with E-state index in [9.17, 15) is 27.4 Å². The first-order chi connectivity index (χ1) is 12.5. The fraction of sp³-hybridized carbons (Fsp3) is 0.421. The minimum Gasteiger partial charge on any atom is -0.418 e. The standard InChI is InChI=1S/C19H24NO3.BF4/c1-18(2,3)16-11-14(12-17(23-16)19(4,5)6)13-7-9-15(10-8-13)20(21)22;2-1(3,4)5/h7-12H,1-6H3;/q+1;-1. The molecule has 2 aromatic rings. The van der Waals surface area contributed by atoms with Crippen LogP contribution in [0.3, 0.4) is 0 Å². The van der Waals surface area contributed by atoms with Crippen molar-refractivity contribution in [2.45, 2.75) is 52.4 Å². The molecule has 2 rings (SSSR count). The van der Waals surface area contributed by atoms with Crippen molar-refractivity contribution in [3.8, 4) is 11.1 Å². The third kappa shape index (κ3) is 7.66. The number of nitrogens with zero attached hydrogens (tertiary/aromatic N) is 1. The van der Waals surface area contributed by atoms with Crippen LogP contribution in [0, 0.1) is 10.1 Å². The van der Waals surface area contributed by atoms with Gasteiger partial charge in [-0.15, -0.1) is 0 Å². The molecule has 0 amide bonds. The second-order valence-corrected chi connectivity index (χ2v) is 8.37. The molecule has 0 atom stereocenters. The molecular weight excluding hydrogens is 377 g/mol. The van der Waals surface area contributed by atoms with Gasteiger partial charge in [0, 0.05) is 24.3 Å². The molecule has 0 aliphatic rings. The Labute approximate surface area is 161 Å². The van der Waals surface area contributed by atoms with Crippen molar-refractivity contribution in [2.24, 2.45) is 0 Å². The Morgan fingerprint density at radius 2 is 1.18 bits per heavy atom. The SMILES string of the molecule is CC(C)(C)c1cc(-c2ccc([N+](=O)[O-])cc2)cc(C(C)(C)C)[o+]1.F[B-](F)(F)F. The van der Waals surface area contributed by atoms with E-state index >= 15 is 0 Å². The summed E-state index contributed by atoms with van der Waals surface area (Å²) in [6.45, 7) is 12.7. The molecule has 0 saturated carbocycles. The molecule has 0 aliphatic carbocycles. The summed E-state index contributed by atoms with van der Waals surface area (Å²) in [5.74, 6) is 1.80. The highest BCUT2D eigenvalue weighted by Crippen LogP contribution is 2.34. The maximum atomic E-state index is 10.8. The number of nitro benzene ring substituents is 1. The van der Waals surface area contributed by atoms with Crippen LogP contribution in [0.1, 0.15) is 53.1 Å². The molecule has 1 heterocycles. The van der Waals surface area contributed by atoms with Gasteiger partial charge in [-0.1, -0.05) is 0 Å². The summed E-state index contributed by atoms with van der Waals surface area (Å²) in [4.78, 5) is 10.4. The first kappa shape index (κ1) is 23.6. The lowest BCUT2D eigenvalue weighted by molar-refractivity contribution is -0.384. The van der Waals surface area contributed by atoms with Gasteiger partial charge >= 0.3 is 18.8 Å². The Morgan fingerprint density at radius 3 is 1.46 bits per heavy atom. The summed E-state index contributed by atoms with van der Waals surface area (Å²) in [6, 6.07) is 10.7. The molecule has 1 aromatic heterocycles. The van der Waals surface area contributed by atoms with Gasteiger partial charge in [-0.05, 0) is 64.8 Å². The Bertz CT molecular complexity index is 785. The van der Waals surface area contributed by atoms with E-state index in [4.69, 9.17) is 4.42 Å². The van der Waals surface area contributed by atoms with Crippen molar-refractivity contribution < 1.29 is 26.6 Å². The van der Waals surface area contributed by atoms with Crippen LogP contribution in [0.4, 0.5) is 23.0 Å². The van der Waals surface area contributed by atoms with Crippen LogP contribution < -0.4 is 0 Å². The fourth-order valence-electron chi connectivity index (χ4n) is 2.18. The molecule has 0 bridgehead atoms. The van der Waals surface area contributed by atoms with Gasteiger partial charge in [0.05, 0.1) is 15.8 Å². The lowest BCUT2D eigenvalue weighted by Crippen LogP contribution is -2.16. The summed E-state index contributed by atoms with van der Waals surface area (Å²) in [6.07, 6.45) is 0. The van der Waals surface area contributed by atoms with E-state index in [-0.39, 0.29) is 21.4 Å². The predicted octanol–water partition coefficient (Wildman–Crippen LogP) is 7.03. The second kappa shape index (κ2) is 8.28. The van der Waals surface area contributed by atoms with Gasteiger partial charge in [-0.3, -0.25) is 10.1 Å². The third-order valence-electron chi connectivity index (χ3n) is 3.68. The van der Waals surface area contributed by atoms with E-state index in [0.717, 1.165) is 22.6 Å². The predicted molar refractivity (Wildman–Crippen MR) is 103 cm³/mol. The van der Waals surface area contributed by atoms with Crippen molar-refractivity contribution in [3.63, 3.8) is 0 Å². The minimum atomic E-state index is -6.00. The number of non-ortho nitro benzene ring substituents is 1. The van der Waals surface area contributed by atoms with Crippen molar-refractivity contribution in [2.75, 3.05) is 0 Å². The van der Waals surface area contributed by atoms with Gasteiger partial charge < -0.3 is 17.3 Å². The zero-order valence-corrected chi connectivity index (χ0v) is 16.7. The lowest BCUT2D eigenvalue weighted by Gasteiger charge is -2.15. The Morgan fingerprint density at radius 1 is 0.821 bits per heavy atom. The zero-order valence-electron chi connectivity index (χ0n) is 16.7. The summed E-state index contributed by atoms with van der Waals surface area (Å²) in [5.41, 5.74) is 1.83. The maximum absolute atomic E-state index is 10.8. The van der Waals surface area contributed by atoms with Gasteiger partial charge in [-0.25, -0.2) is 4.42 Å². The van der Waals surface area contributed by atoms with Crippen LogP contribution in [0.25, 0.3) is 11.1 Å². The summed E-state index contributed by atoms with van der Waals surface area (Å²) in [5, 5.41) is 10.8. The molecule has 0 N–H and O–H groups in total.